The smallest absolute Gasteiger partial charge is 0.145 e. The second-order valence-corrected chi connectivity index (χ2v) is 4.45. The van der Waals surface area contributed by atoms with Crippen LogP contribution in [0.3, 0.4) is 0 Å². The quantitative estimate of drug-likeness (QED) is 0.747. The SMILES string of the molecule is COc1ccc(Br)c2ccc(Br)nc12. The summed E-state index contributed by atoms with van der Waals surface area (Å²) in [6.45, 7) is 0. The summed E-state index contributed by atoms with van der Waals surface area (Å²) < 4.78 is 7.06. The van der Waals surface area contributed by atoms with Crippen LogP contribution < -0.4 is 4.74 Å². The van der Waals surface area contributed by atoms with E-state index >= 15 is 0 Å². The lowest BCUT2D eigenvalue weighted by molar-refractivity contribution is 0.419. The largest absolute Gasteiger partial charge is 0.494 e. The molecular weight excluding hydrogens is 310 g/mol. The molecule has 1 aromatic heterocycles. The monoisotopic (exact) mass is 315 g/mol. The van der Waals surface area contributed by atoms with Gasteiger partial charge >= 0.3 is 0 Å². The molecule has 0 aliphatic carbocycles. The summed E-state index contributed by atoms with van der Waals surface area (Å²) in [6, 6.07) is 7.76. The van der Waals surface area contributed by atoms with Crippen molar-refractivity contribution in [1.82, 2.24) is 4.98 Å². The Balaban J connectivity index is 2.85. The lowest BCUT2D eigenvalue weighted by atomic mass is 10.2. The lowest BCUT2D eigenvalue weighted by Gasteiger charge is -2.06. The van der Waals surface area contributed by atoms with Gasteiger partial charge in [-0.15, -0.1) is 0 Å². The lowest BCUT2D eigenvalue weighted by Crippen LogP contribution is -1.88. The number of nitrogens with zero attached hydrogens (tertiary/aromatic N) is 1. The minimum absolute atomic E-state index is 0.782. The third kappa shape index (κ3) is 1.64. The van der Waals surface area contributed by atoms with Crippen LogP contribution in [-0.2, 0) is 0 Å². The molecule has 1 aromatic carbocycles. The molecule has 0 unspecified atom stereocenters. The van der Waals surface area contributed by atoms with E-state index in [2.05, 4.69) is 36.8 Å². The van der Waals surface area contributed by atoms with Crippen LogP contribution >= 0.6 is 31.9 Å². The van der Waals surface area contributed by atoms with Crippen LogP contribution in [0.4, 0.5) is 0 Å². The highest BCUT2D eigenvalue weighted by Crippen LogP contribution is 2.30. The minimum Gasteiger partial charge on any atom is -0.494 e. The van der Waals surface area contributed by atoms with Crippen molar-refractivity contribution in [3.05, 3.63) is 33.3 Å². The number of halogens is 2. The van der Waals surface area contributed by atoms with Crippen LogP contribution in [-0.4, -0.2) is 12.1 Å². The Morgan fingerprint density at radius 3 is 2.64 bits per heavy atom. The van der Waals surface area contributed by atoms with Gasteiger partial charge in [-0.2, -0.15) is 0 Å². The standard InChI is InChI=1S/C10H7Br2NO/c1-14-8-4-3-7(11)6-2-5-9(12)13-10(6)8/h2-5H,1H3. The van der Waals surface area contributed by atoms with Crippen molar-refractivity contribution in [2.24, 2.45) is 0 Å². The van der Waals surface area contributed by atoms with E-state index in [4.69, 9.17) is 4.74 Å². The zero-order chi connectivity index (χ0) is 10.1. The van der Waals surface area contributed by atoms with Gasteiger partial charge in [0.05, 0.1) is 7.11 Å². The first-order valence-electron chi connectivity index (χ1n) is 4.01. The maximum absolute atomic E-state index is 5.23. The van der Waals surface area contributed by atoms with Gasteiger partial charge in [-0.05, 0) is 40.2 Å². The van der Waals surface area contributed by atoms with Crippen molar-refractivity contribution in [2.75, 3.05) is 7.11 Å². The average Bonchev–Trinajstić information content (AvgIpc) is 2.18. The number of fused-ring (bicyclic) bond motifs is 1. The Kier molecular flexibility index (Phi) is 2.74. The highest BCUT2D eigenvalue weighted by Gasteiger charge is 2.06. The molecular formula is C10H7Br2NO. The molecule has 0 saturated carbocycles. The number of hydrogen-bond acceptors (Lipinski definition) is 2. The number of aromatic nitrogens is 1. The third-order valence-electron chi connectivity index (χ3n) is 1.95. The fraction of sp³-hybridized carbons (Fsp3) is 0.100. The van der Waals surface area contributed by atoms with Gasteiger partial charge in [-0.25, -0.2) is 4.98 Å². The van der Waals surface area contributed by atoms with Crippen molar-refractivity contribution in [3.8, 4) is 5.75 Å². The molecule has 72 valence electrons. The van der Waals surface area contributed by atoms with E-state index in [1.807, 2.05) is 24.3 Å². The Labute approximate surface area is 98.5 Å². The molecule has 0 aliphatic heterocycles. The predicted molar refractivity (Wildman–Crippen MR) is 63.7 cm³/mol. The van der Waals surface area contributed by atoms with Gasteiger partial charge in [-0.3, -0.25) is 0 Å². The van der Waals surface area contributed by atoms with E-state index in [0.29, 0.717) is 0 Å². The minimum atomic E-state index is 0.782. The molecule has 0 fully saturated rings. The second kappa shape index (κ2) is 3.87. The first-order valence-corrected chi connectivity index (χ1v) is 5.59. The van der Waals surface area contributed by atoms with E-state index in [-0.39, 0.29) is 0 Å². The first-order chi connectivity index (χ1) is 6.72. The van der Waals surface area contributed by atoms with Crippen molar-refractivity contribution >= 4 is 42.8 Å². The molecule has 2 aromatic rings. The van der Waals surface area contributed by atoms with E-state index in [0.717, 1.165) is 25.7 Å². The maximum atomic E-state index is 5.23. The molecule has 0 radical (unpaired) electrons. The number of methoxy groups -OCH3 is 1. The van der Waals surface area contributed by atoms with E-state index in [1.54, 1.807) is 7.11 Å². The van der Waals surface area contributed by atoms with Crippen molar-refractivity contribution in [2.45, 2.75) is 0 Å². The van der Waals surface area contributed by atoms with Crippen LogP contribution in [0.25, 0.3) is 10.9 Å². The van der Waals surface area contributed by atoms with E-state index < -0.39 is 0 Å². The van der Waals surface area contributed by atoms with Crippen LogP contribution in [0.15, 0.2) is 33.3 Å². The van der Waals surface area contributed by atoms with Gasteiger partial charge in [0, 0.05) is 9.86 Å². The summed E-state index contributed by atoms with van der Waals surface area (Å²) in [4.78, 5) is 4.37. The van der Waals surface area contributed by atoms with Crippen LogP contribution in [0.5, 0.6) is 5.75 Å². The molecule has 2 nitrogen and oxygen atoms in total. The maximum Gasteiger partial charge on any atom is 0.145 e. The summed E-state index contributed by atoms with van der Waals surface area (Å²) in [5.41, 5.74) is 0.858. The van der Waals surface area contributed by atoms with Crippen molar-refractivity contribution < 1.29 is 4.74 Å². The highest BCUT2D eigenvalue weighted by molar-refractivity contribution is 9.11. The van der Waals surface area contributed by atoms with Crippen LogP contribution in [0.1, 0.15) is 0 Å². The normalized spacial score (nSPS) is 10.5. The molecule has 0 atom stereocenters. The fourth-order valence-electron chi connectivity index (χ4n) is 1.30. The molecule has 0 spiro atoms. The van der Waals surface area contributed by atoms with E-state index in [9.17, 15) is 0 Å². The summed E-state index contributed by atoms with van der Waals surface area (Å²) in [7, 11) is 1.64. The van der Waals surface area contributed by atoms with Crippen LogP contribution in [0, 0.1) is 0 Å². The number of rotatable bonds is 1. The van der Waals surface area contributed by atoms with Gasteiger partial charge in [-0.1, -0.05) is 15.9 Å². The Morgan fingerprint density at radius 1 is 1.14 bits per heavy atom. The number of hydrogen-bond donors (Lipinski definition) is 0. The van der Waals surface area contributed by atoms with Gasteiger partial charge in [0.2, 0.25) is 0 Å². The first kappa shape index (κ1) is 9.93. The van der Waals surface area contributed by atoms with Gasteiger partial charge < -0.3 is 4.74 Å². The zero-order valence-corrected chi connectivity index (χ0v) is 10.6. The predicted octanol–water partition coefficient (Wildman–Crippen LogP) is 3.77. The summed E-state index contributed by atoms with van der Waals surface area (Å²) in [5.74, 6) is 0.782. The molecule has 0 saturated heterocycles. The average molecular weight is 317 g/mol. The molecule has 0 N–H and O–H groups in total. The number of benzene rings is 1. The highest BCUT2D eigenvalue weighted by atomic mass is 79.9. The van der Waals surface area contributed by atoms with Gasteiger partial charge in [0.1, 0.15) is 15.9 Å². The van der Waals surface area contributed by atoms with Crippen molar-refractivity contribution in [1.29, 1.82) is 0 Å². The second-order valence-electron chi connectivity index (χ2n) is 2.78. The number of pyridine rings is 1. The van der Waals surface area contributed by atoms with Crippen LogP contribution in [0.2, 0.25) is 0 Å². The molecule has 0 amide bonds. The van der Waals surface area contributed by atoms with Gasteiger partial charge in [0.25, 0.3) is 0 Å². The summed E-state index contributed by atoms with van der Waals surface area (Å²) >= 11 is 6.81. The molecule has 4 heteroatoms. The summed E-state index contributed by atoms with van der Waals surface area (Å²) in [6.07, 6.45) is 0. The Hall–Kier alpha value is -0.610. The molecule has 14 heavy (non-hydrogen) atoms. The third-order valence-corrected chi connectivity index (χ3v) is 3.09. The number of ether oxygens (including phenoxy) is 1. The summed E-state index contributed by atoms with van der Waals surface area (Å²) in [5, 5.41) is 1.05. The molecule has 0 bridgehead atoms. The van der Waals surface area contributed by atoms with Crippen molar-refractivity contribution in [3.63, 3.8) is 0 Å². The molecule has 0 aliphatic rings. The van der Waals surface area contributed by atoms with E-state index in [1.165, 1.54) is 0 Å². The zero-order valence-electron chi connectivity index (χ0n) is 7.42. The molecule has 2 rings (SSSR count). The fourth-order valence-corrected chi connectivity index (χ4v) is 2.06. The van der Waals surface area contributed by atoms with Gasteiger partial charge in [0.15, 0.2) is 0 Å². The Morgan fingerprint density at radius 2 is 1.93 bits per heavy atom. The topological polar surface area (TPSA) is 22.1 Å². The molecule has 1 heterocycles. The Bertz CT molecular complexity index is 485.